The van der Waals surface area contributed by atoms with E-state index in [0.29, 0.717) is 0 Å². The summed E-state index contributed by atoms with van der Waals surface area (Å²) in [6.07, 6.45) is 2.41. The van der Waals surface area contributed by atoms with Crippen molar-refractivity contribution in [3.63, 3.8) is 0 Å². The molecule has 1 heterocycles. The SMILES string of the molecule is CCCCn1c(-c2ccccc2)ccc1-c1ccccc1. The molecular weight excluding hydrogens is 254 g/mol. The van der Waals surface area contributed by atoms with Crippen LogP contribution in [0.4, 0.5) is 0 Å². The van der Waals surface area contributed by atoms with Crippen molar-refractivity contribution in [2.24, 2.45) is 0 Å². The second-order valence-electron chi connectivity index (χ2n) is 5.34. The summed E-state index contributed by atoms with van der Waals surface area (Å²) in [6, 6.07) is 25.8. The van der Waals surface area contributed by atoms with E-state index in [-0.39, 0.29) is 0 Å². The largest absolute Gasteiger partial charge is 0.341 e. The van der Waals surface area contributed by atoms with Gasteiger partial charge < -0.3 is 4.57 Å². The Hall–Kier alpha value is -2.28. The summed E-state index contributed by atoms with van der Waals surface area (Å²) in [4.78, 5) is 0. The lowest BCUT2D eigenvalue weighted by molar-refractivity contribution is 0.644. The smallest absolute Gasteiger partial charge is 0.0485 e. The highest BCUT2D eigenvalue weighted by Crippen LogP contribution is 2.29. The maximum absolute atomic E-state index is 2.45. The topological polar surface area (TPSA) is 4.93 Å². The van der Waals surface area contributed by atoms with Gasteiger partial charge >= 0.3 is 0 Å². The molecule has 0 aliphatic heterocycles. The molecule has 0 bridgehead atoms. The van der Waals surface area contributed by atoms with Gasteiger partial charge in [0.1, 0.15) is 0 Å². The van der Waals surface area contributed by atoms with Gasteiger partial charge in [0.15, 0.2) is 0 Å². The Bertz CT molecular complexity index is 623. The standard InChI is InChI=1S/C20H21N/c1-2-3-16-21-19(17-10-6-4-7-11-17)14-15-20(21)18-12-8-5-9-13-18/h4-15H,2-3,16H2,1H3. The van der Waals surface area contributed by atoms with E-state index in [9.17, 15) is 0 Å². The van der Waals surface area contributed by atoms with Crippen LogP contribution in [-0.2, 0) is 6.54 Å². The zero-order chi connectivity index (χ0) is 14.5. The van der Waals surface area contributed by atoms with E-state index >= 15 is 0 Å². The van der Waals surface area contributed by atoms with Crippen LogP contribution in [0.15, 0.2) is 72.8 Å². The molecule has 3 rings (SSSR count). The van der Waals surface area contributed by atoms with Gasteiger partial charge in [-0.2, -0.15) is 0 Å². The normalized spacial score (nSPS) is 10.7. The summed E-state index contributed by atoms with van der Waals surface area (Å²) in [6.45, 7) is 3.31. The van der Waals surface area contributed by atoms with Crippen LogP contribution in [0.3, 0.4) is 0 Å². The van der Waals surface area contributed by atoms with Gasteiger partial charge in [0, 0.05) is 17.9 Å². The van der Waals surface area contributed by atoms with Crippen molar-refractivity contribution in [1.82, 2.24) is 4.57 Å². The number of hydrogen-bond acceptors (Lipinski definition) is 0. The van der Waals surface area contributed by atoms with Crippen molar-refractivity contribution in [1.29, 1.82) is 0 Å². The predicted molar refractivity (Wildman–Crippen MR) is 90.2 cm³/mol. The molecule has 2 aromatic carbocycles. The van der Waals surface area contributed by atoms with Gasteiger partial charge in [0.05, 0.1) is 0 Å². The Morgan fingerprint density at radius 1 is 0.667 bits per heavy atom. The highest BCUT2D eigenvalue weighted by molar-refractivity contribution is 5.69. The molecule has 1 nitrogen and oxygen atoms in total. The van der Waals surface area contributed by atoms with E-state index in [1.807, 2.05) is 0 Å². The minimum Gasteiger partial charge on any atom is -0.341 e. The summed E-state index contributed by atoms with van der Waals surface area (Å²) in [7, 11) is 0. The average Bonchev–Trinajstić information content (AvgIpc) is 2.98. The molecule has 0 atom stereocenters. The second-order valence-corrected chi connectivity index (χ2v) is 5.34. The number of hydrogen-bond donors (Lipinski definition) is 0. The molecule has 0 spiro atoms. The number of aromatic nitrogens is 1. The molecule has 0 N–H and O–H groups in total. The molecule has 0 unspecified atom stereocenters. The second kappa shape index (κ2) is 6.45. The lowest BCUT2D eigenvalue weighted by Crippen LogP contribution is -2.02. The minimum absolute atomic E-state index is 1.07. The monoisotopic (exact) mass is 275 g/mol. The molecule has 0 aliphatic rings. The predicted octanol–water partition coefficient (Wildman–Crippen LogP) is 5.62. The Morgan fingerprint density at radius 2 is 1.14 bits per heavy atom. The van der Waals surface area contributed by atoms with Crippen molar-refractivity contribution in [2.45, 2.75) is 26.3 Å². The average molecular weight is 275 g/mol. The fourth-order valence-electron chi connectivity index (χ4n) is 2.75. The van der Waals surface area contributed by atoms with E-state index in [2.05, 4.69) is 84.3 Å². The molecule has 0 saturated carbocycles. The first-order valence-electron chi connectivity index (χ1n) is 7.70. The molecule has 1 aromatic heterocycles. The number of unbranched alkanes of at least 4 members (excludes halogenated alkanes) is 1. The van der Waals surface area contributed by atoms with Gasteiger partial charge in [-0.15, -0.1) is 0 Å². The molecule has 1 heteroatoms. The van der Waals surface area contributed by atoms with Crippen molar-refractivity contribution in [3.8, 4) is 22.5 Å². The fourth-order valence-corrected chi connectivity index (χ4v) is 2.75. The third-order valence-electron chi connectivity index (χ3n) is 3.86. The van der Waals surface area contributed by atoms with Crippen molar-refractivity contribution < 1.29 is 0 Å². The third-order valence-corrected chi connectivity index (χ3v) is 3.86. The maximum atomic E-state index is 2.45. The first kappa shape index (κ1) is 13.7. The number of benzene rings is 2. The van der Waals surface area contributed by atoms with Gasteiger partial charge in [-0.05, 0) is 29.7 Å². The molecule has 21 heavy (non-hydrogen) atoms. The number of nitrogens with zero attached hydrogens (tertiary/aromatic N) is 1. The van der Waals surface area contributed by atoms with Crippen LogP contribution in [0, 0.1) is 0 Å². The van der Waals surface area contributed by atoms with E-state index in [0.717, 1.165) is 6.54 Å². The van der Waals surface area contributed by atoms with E-state index in [1.54, 1.807) is 0 Å². The first-order chi connectivity index (χ1) is 10.4. The number of rotatable bonds is 5. The zero-order valence-electron chi connectivity index (χ0n) is 12.5. The van der Waals surface area contributed by atoms with Gasteiger partial charge in [0.2, 0.25) is 0 Å². The lowest BCUT2D eigenvalue weighted by Gasteiger charge is -2.13. The maximum Gasteiger partial charge on any atom is 0.0485 e. The molecule has 0 radical (unpaired) electrons. The van der Waals surface area contributed by atoms with Crippen LogP contribution in [0.5, 0.6) is 0 Å². The highest BCUT2D eigenvalue weighted by Gasteiger charge is 2.10. The van der Waals surface area contributed by atoms with Gasteiger partial charge in [-0.25, -0.2) is 0 Å². The van der Waals surface area contributed by atoms with E-state index in [4.69, 9.17) is 0 Å². The molecule has 0 amide bonds. The van der Waals surface area contributed by atoms with Crippen LogP contribution < -0.4 is 0 Å². The van der Waals surface area contributed by atoms with Crippen LogP contribution in [-0.4, -0.2) is 4.57 Å². The molecule has 0 fully saturated rings. The molecule has 0 aliphatic carbocycles. The Labute approximate surface area is 126 Å². The summed E-state index contributed by atoms with van der Waals surface area (Å²) in [5, 5.41) is 0. The quantitative estimate of drug-likeness (QED) is 0.569. The lowest BCUT2D eigenvalue weighted by atomic mass is 10.1. The van der Waals surface area contributed by atoms with Crippen LogP contribution >= 0.6 is 0 Å². The minimum atomic E-state index is 1.07. The van der Waals surface area contributed by atoms with E-state index < -0.39 is 0 Å². The van der Waals surface area contributed by atoms with Gasteiger partial charge in [-0.1, -0.05) is 74.0 Å². The van der Waals surface area contributed by atoms with Gasteiger partial charge in [-0.3, -0.25) is 0 Å². The Morgan fingerprint density at radius 3 is 1.57 bits per heavy atom. The molecule has 106 valence electrons. The third kappa shape index (κ3) is 2.92. The summed E-state index contributed by atoms with van der Waals surface area (Å²) >= 11 is 0. The first-order valence-corrected chi connectivity index (χ1v) is 7.70. The van der Waals surface area contributed by atoms with Crippen molar-refractivity contribution in [3.05, 3.63) is 72.8 Å². The Kier molecular flexibility index (Phi) is 4.20. The van der Waals surface area contributed by atoms with Crippen LogP contribution in [0.2, 0.25) is 0 Å². The van der Waals surface area contributed by atoms with Crippen molar-refractivity contribution in [2.75, 3.05) is 0 Å². The molecule has 0 saturated heterocycles. The molecule has 3 aromatic rings. The summed E-state index contributed by atoms with van der Waals surface area (Å²) in [5.74, 6) is 0. The van der Waals surface area contributed by atoms with Crippen LogP contribution in [0.25, 0.3) is 22.5 Å². The van der Waals surface area contributed by atoms with Crippen LogP contribution in [0.1, 0.15) is 19.8 Å². The van der Waals surface area contributed by atoms with Crippen molar-refractivity contribution >= 4 is 0 Å². The Balaban J connectivity index is 2.07. The zero-order valence-corrected chi connectivity index (χ0v) is 12.5. The summed E-state index contributed by atoms with van der Waals surface area (Å²) < 4.78 is 2.45. The van der Waals surface area contributed by atoms with Gasteiger partial charge in [0.25, 0.3) is 0 Å². The summed E-state index contributed by atoms with van der Waals surface area (Å²) in [5.41, 5.74) is 5.19. The van der Waals surface area contributed by atoms with E-state index in [1.165, 1.54) is 35.4 Å². The molecular formula is C20H21N. The fraction of sp³-hybridized carbons (Fsp3) is 0.200. The highest BCUT2D eigenvalue weighted by atomic mass is 15.0.